The third-order valence-electron chi connectivity index (χ3n) is 4.31. The minimum atomic E-state index is -0.386. The van der Waals surface area contributed by atoms with E-state index in [2.05, 4.69) is 0 Å². The van der Waals surface area contributed by atoms with E-state index in [1.807, 2.05) is 6.92 Å². The van der Waals surface area contributed by atoms with Crippen LogP contribution in [0.15, 0.2) is 60.7 Å². The first-order valence-corrected chi connectivity index (χ1v) is 8.92. The number of hydrogen-bond donors (Lipinski definition) is 0. The molecule has 4 nitrogen and oxygen atoms in total. The number of anilines is 1. The van der Waals surface area contributed by atoms with Crippen molar-refractivity contribution in [3.8, 4) is 11.5 Å². The molecule has 0 unspecified atom stereocenters. The molecule has 0 aromatic heterocycles. The summed E-state index contributed by atoms with van der Waals surface area (Å²) in [4.78, 5) is 26.5. The van der Waals surface area contributed by atoms with Gasteiger partial charge in [0.15, 0.2) is 0 Å². The van der Waals surface area contributed by atoms with Gasteiger partial charge in [0.05, 0.1) is 16.8 Å². The van der Waals surface area contributed by atoms with Crippen molar-refractivity contribution in [2.75, 3.05) is 4.90 Å². The van der Waals surface area contributed by atoms with E-state index in [4.69, 9.17) is 27.9 Å². The van der Waals surface area contributed by atoms with Crippen LogP contribution in [0, 0.1) is 6.92 Å². The van der Waals surface area contributed by atoms with Crippen LogP contribution in [0.1, 0.15) is 26.3 Å². The molecule has 6 heteroatoms. The zero-order chi connectivity index (χ0) is 19.1. The van der Waals surface area contributed by atoms with Crippen molar-refractivity contribution in [3.63, 3.8) is 0 Å². The van der Waals surface area contributed by atoms with Gasteiger partial charge in [0.25, 0.3) is 11.8 Å². The molecule has 1 aliphatic heterocycles. The van der Waals surface area contributed by atoms with Gasteiger partial charge in [-0.2, -0.15) is 0 Å². The summed E-state index contributed by atoms with van der Waals surface area (Å²) in [6, 6.07) is 16.9. The van der Waals surface area contributed by atoms with E-state index >= 15 is 0 Å². The van der Waals surface area contributed by atoms with Crippen molar-refractivity contribution in [2.24, 2.45) is 0 Å². The summed E-state index contributed by atoms with van der Waals surface area (Å²) >= 11 is 11.8. The fourth-order valence-corrected chi connectivity index (χ4v) is 3.26. The number of ether oxygens (including phenoxy) is 1. The number of nitrogens with zero attached hydrogens (tertiary/aromatic N) is 1. The summed E-state index contributed by atoms with van der Waals surface area (Å²) in [5, 5.41) is 1.04. The fraction of sp³-hybridized carbons (Fsp3) is 0.0476. The number of fused-ring (bicyclic) bond motifs is 1. The Morgan fingerprint density at radius 3 is 2.15 bits per heavy atom. The maximum absolute atomic E-state index is 12.7. The topological polar surface area (TPSA) is 46.6 Å². The van der Waals surface area contributed by atoms with Crippen molar-refractivity contribution in [1.29, 1.82) is 0 Å². The Labute approximate surface area is 165 Å². The Morgan fingerprint density at radius 1 is 0.778 bits per heavy atom. The van der Waals surface area contributed by atoms with Crippen LogP contribution in [0.25, 0.3) is 0 Å². The molecule has 3 aromatic carbocycles. The summed E-state index contributed by atoms with van der Waals surface area (Å²) in [7, 11) is 0. The van der Waals surface area contributed by atoms with Crippen LogP contribution >= 0.6 is 23.2 Å². The van der Waals surface area contributed by atoms with Crippen molar-refractivity contribution in [1.82, 2.24) is 0 Å². The molecular weight excluding hydrogens is 385 g/mol. The second-order valence-electron chi connectivity index (χ2n) is 6.14. The van der Waals surface area contributed by atoms with E-state index in [0.29, 0.717) is 38.4 Å². The van der Waals surface area contributed by atoms with Gasteiger partial charge in [0.2, 0.25) is 0 Å². The number of benzene rings is 3. The molecule has 1 aliphatic rings. The highest BCUT2D eigenvalue weighted by Gasteiger charge is 2.36. The predicted molar refractivity (Wildman–Crippen MR) is 105 cm³/mol. The first-order valence-electron chi connectivity index (χ1n) is 8.16. The molecule has 0 N–H and O–H groups in total. The van der Waals surface area contributed by atoms with E-state index < -0.39 is 0 Å². The van der Waals surface area contributed by atoms with E-state index in [0.717, 1.165) is 10.5 Å². The maximum Gasteiger partial charge on any atom is 0.266 e. The van der Waals surface area contributed by atoms with Gasteiger partial charge < -0.3 is 4.74 Å². The van der Waals surface area contributed by atoms with E-state index in [1.165, 1.54) is 6.07 Å². The number of halogens is 2. The fourth-order valence-electron chi connectivity index (χ4n) is 2.96. The lowest BCUT2D eigenvalue weighted by atomic mass is 10.1. The Balaban J connectivity index is 1.64. The number of carbonyl (C=O) groups excluding carboxylic acids is 2. The normalized spacial score (nSPS) is 13.1. The van der Waals surface area contributed by atoms with Crippen molar-refractivity contribution in [3.05, 3.63) is 87.4 Å². The van der Waals surface area contributed by atoms with Gasteiger partial charge >= 0.3 is 0 Å². The maximum atomic E-state index is 12.7. The van der Waals surface area contributed by atoms with Gasteiger partial charge in [-0.1, -0.05) is 23.2 Å². The number of amides is 2. The number of imide groups is 1. The molecule has 2 amide bonds. The van der Waals surface area contributed by atoms with Gasteiger partial charge in [0.1, 0.15) is 11.5 Å². The summed E-state index contributed by atoms with van der Waals surface area (Å²) in [6.07, 6.45) is 0. The monoisotopic (exact) mass is 397 g/mol. The van der Waals surface area contributed by atoms with E-state index in [9.17, 15) is 9.59 Å². The minimum absolute atomic E-state index is 0.312. The van der Waals surface area contributed by atoms with Gasteiger partial charge in [-0.15, -0.1) is 0 Å². The molecule has 134 valence electrons. The third-order valence-corrected chi connectivity index (χ3v) is 4.79. The highest BCUT2D eigenvalue weighted by atomic mass is 35.5. The quantitative estimate of drug-likeness (QED) is 0.517. The molecule has 3 aromatic rings. The van der Waals surface area contributed by atoms with Gasteiger partial charge in [-0.3, -0.25) is 9.59 Å². The molecule has 0 radical (unpaired) electrons. The Bertz CT molecular complexity index is 1080. The molecule has 4 rings (SSSR count). The molecule has 0 bridgehead atoms. The molecule has 0 atom stereocenters. The third kappa shape index (κ3) is 3.18. The highest BCUT2D eigenvalue weighted by molar-refractivity contribution is 6.36. The van der Waals surface area contributed by atoms with Gasteiger partial charge in [-0.05, 0) is 73.2 Å². The molecule has 0 fully saturated rings. The summed E-state index contributed by atoms with van der Waals surface area (Å²) < 4.78 is 5.85. The molecule has 0 saturated carbocycles. The molecule has 0 saturated heterocycles. The molecule has 0 spiro atoms. The predicted octanol–water partition coefficient (Wildman–Crippen LogP) is 5.89. The molecule has 0 aliphatic carbocycles. The average molecular weight is 398 g/mol. The van der Waals surface area contributed by atoms with Crippen LogP contribution in [-0.4, -0.2) is 11.8 Å². The van der Waals surface area contributed by atoms with Crippen LogP contribution in [0.2, 0.25) is 10.0 Å². The minimum Gasteiger partial charge on any atom is -0.457 e. The van der Waals surface area contributed by atoms with Crippen molar-refractivity contribution >= 4 is 40.7 Å². The van der Waals surface area contributed by atoms with E-state index in [-0.39, 0.29) is 11.8 Å². The number of hydrogen-bond acceptors (Lipinski definition) is 3. The molecule has 27 heavy (non-hydrogen) atoms. The Hall–Kier alpha value is -2.82. The van der Waals surface area contributed by atoms with Crippen molar-refractivity contribution in [2.45, 2.75) is 6.92 Å². The Kier molecular flexibility index (Phi) is 4.38. The lowest BCUT2D eigenvalue weighted by molar-refractivity contribution is 0.0926. The van der Waals surface area contributed by atoms with Crippen molar-refractivity contribution < 1.29 is 14.3 Å². The van der Waals surface area contributed by atoms with Crippen LogP contribution in [0.3, 0.4) is 0 Å². The lowest BCUT2D eigenvalue weighted by Crippen LogP contribution is -2.29. The summed E-state index contributed by atoms with van der Waals surface area (Å²) in [5.74, 6) is 0.520. The first-order chi connectivity index (χ1) is 12.9. The largest absolute Gasteiger partial charge is 0.457 e. The standard InChI is InChI=1S/C21H13Cl2NO3/c1-12-10-15(5-9-19(12)27-16-6-2-13(22)3-7-16)24-20(25)17-8-4-14(23)11-18(17)21(24)26/h2-11H,1H3. The molecular formula is C21H13Cl2NO3. The number of rotatable bonds is 3. The van der Waals surface area contributed by atoms with Crippen LogP contribution < -0.4 is 9.64 Å². The second-order valence-corrected chi connectivity index (χ2v) is 7.01. The lowest BCUT2D eigenvalue weighted by Gasteiger charge is -2.16. The Morgan fingerprint density at radius 2 is 1.44 bits per heavy atom. The second kappa shape index (κ2) is 6.72. The van der Waals surface area contributed by atoms with Gasteiger partial charge in [0, 0.05) is 10.0 Å². The first kappa shape index (κ1) is 17.6. The summed E-state index contributed by atoms with van der Waals surface area (Å²) in [5.41, 5.74) is 1.94. The zero-order valence-electron chi connectivity index (χ0n) is 14.2. The smallest absolute Gasteiger partial charge is 0.266 e. The number of aryl methyl sites for hydroxylation is 1. The highest BCUT2D eigenvalue weighted by Crippen LogP contribution is 2.34. The van der Waals surface area contributed by atoms with Crippen LogP contribution in [-0.2, 0) is 0 Å². The van der Waals surface area contributed by atoms with E-state index in [1.54, 1.807) is 54.6 Å². The van der Waals surface area contributed by atoms with Crippen LogP contribution in [0.5, 0.6) is 11.5 Å². The van der Waals surface area contributed by atoms with Crippen LogP contribution in [0.4, 0.5) is 5.69 Å². The SMILES string of the molecule is Cc1cc(N2C(=O)c3ccc(Cl)cc3C2=O)ccc1Oc1ccc(Cl)cc1. The summed E-state index contributed by atoms with van der Waals surface area (Å²) in [6.45, 7) is 1.85. The molecule has 1 heterocycles. The average Bonchev–Trinajstić information content (AvgIpc) is 2.89. The number of carbonyl (C=O) groups is 2. The van der Waals surface area contributed by atoms with Gasteiger partial charge in [-0.25, -0.2) is 4.90 Å². The zero-order valence-corrected chi connectivity index (χ0v) is 15.7.